The van der Waals surface area contributed by atoms with Crippen molar-refractivity contribution in [2.75, 3.05) is 46.9 Å². The minimum absolute atomic E-state index is 0. The fourth-order valence-electron chi connectivity index (χ4n) is 2.92. The van der Waals surface area contributed by atoms with Gasteiger partial charge in [0.05, 0.1) is 13.0 Å². The normalized spacial score (nSPS) is 16.5. The number of aliphatic imine (C=N–C) groups is 1. The van der Waals surface area contributed by atoms with Gasteiger partial charge in [-0.25, -0.2) is 0 Å². The summed E-state index contributed by atoms with van der Waals surface area (Å²) in [5.41, 5.74) is 0. The fourth-order valence-corrected chi connectivity index (χ4v) is 2.92. The van der Waals surface area contributed by atoms with Crippen LogP contribution in [0.3, 0.4) is 0 Å². The van der Waals surface area contributed by atoms with Gasteiger partial charge >= 0.3 is 5.97 Å². The first kappa shape index (κ1) is 22.4. The van der Waals surface area contributed by atoms with Crippen molar-refractivity contribution in [1.82, 2.24) is 15.1 Å². The van der Waals surface area contributed by atoms with Crippen LogP contribution in [0.1, 0.15) is 33.6 Å². The van der Waals surface area contributed by atoms with Crippen molar-refractivity contribution in [2.24, 2.45) is 10.9 Å². The third kappa shape index (κ3) is 7.24. The number of nitrogens with zero attached hydrogens (tertiary/aromatic N) is 3. The molecule has 0 saturated carbocycles. The molecule has 6 nitrogen and oxygen atoms in total. The van der Waals surface area contributed by atoms with Crippen LogP contribution in [0.15, 0.2) is 4.99 Å². The molecule has 0 bridgehead atoms. The van der Waals surface area contributed by atoms with Crippen molar-refractivity contribution in [1.29, 1.82) is 0 Å². The first-order chi connectivity index (χ1) is 10.5. The minimum atomic E-state index is -0.0851. The highest BCUT2D eigenvalue weighted by atomic mass is 127. The lowest BCUT2D eigenvalue weighted by molar-refractivity contribution is -0.146. The van der Waals surface area contributed by atoms with E-state index in [4.69, 9.17) is 4.74 Å². The number of piperidine rings is 1. The highest BCUT2D eigenvalue weighted by Crippen LogP contribution is 2.18. The van der Waals surface area contributed by atoms with Crippen LogP contribution in [-0.2, 0) is 9.53 Å². The largest absolute Gasteiger partial charge is 0.469 e. The predicted molar refractivity (Wildman–Crippen MR) is 105 cm³/mol. The highest BCUT2D eigenvalue weighted by molar-refractivity contribution is 14.0. The quantitative estimate of drug-likeness (QED) is 0.296. The van der Waals surface area contributed by atoms with E-state index in [-0.39, 0.29) is 35.9 Å². The van der Waals surface area contributed by atoms with Crippen molar-refractivity contribution in [2.45, 2.75) is 39.7 Å². The molecule has 0 amide bonds. The van der Waals surface area contributed by atoms with Gasteiger partial charge in [0.2, 0.25) is 0 Å². The Morgan fingerprint density at radius 1 is 1.39 bits per heavy atom. The van der Waals surface area contributed by atoms with Crippen molar-refractivity contribution >= 4 is 35.9 Å². The van der Waals surface area contributed by atoms with Crippen LogP contribution in [0.2, 0.25) is 0 Å². The van der Waals surface area contributed by atoms with Gasteiger partial charge in [-0.15, -0.1) is 24.0 Å². The summed E-state index contributed by atoms with van der Waals surface area (Å²) in [6.07, 6.45) is 1.67. The maximum Gasteiger partial charge on any atom is 0.308 e. The Kier molecular flexibility index (Phi) is 11.6. The lowest BCUT2D eigenvalue weighted by Crippen LogP contribution is -2.48. The first-order valence-corrected chi connectivity index (χ1v) is 8.30. The molecule has 0 atom stereocenters. The summed E-state index contributed by atoms with van der Waals surface area (Å²) in [4.78, 5) is 20.6. The van der Waals surface area contributed by atoms with Gasteiger partial charge in [0.1, 0.15) is 0 Å². The number of hydrogen-bond donors (Lipinski definition) is 1. The number of carbonyl (C=O) groups excluding carboxylic acids is 1. The van der Waals surface area contributed by atoms with E-state index in [0.29, 0.717) is 6.04 Å². The number of likely N-dealkylation sites (tertiary alicyclic amines) is 1. The minimum Gasteiger partial charge on any atom is -0.469 e. The Morgan fingerprint density at radius 2 is 2.00 bits per heavy atom. The van der Waals surface area contributed by atoms with E-state index in [1.165, 1.54) is 7.11 Å². The van der Waals surface area contributed by atoms with Gasteiger partial charge in [0.25, 0.3) is 0 Å². The first-order valence-electron chi connectivity index (χ1n) is 8.30. The lowest BCUT2D eigenvalue weighted by atomic mass is 9.97. The second kappa shape index (κ2) is 11.9. The molecular weight excluding hydrogens is 407 g/mol. The molecule has 1 aliphatic rings. The number of esters is 1. The number of hydrogen-bond acceptors (Lipinski definition) is 4. The molecular formula is C16H33IN4O2. The van der Waals surface area contributed by atoms with Gasteiger partial charge < -0.3 is 15.0 Å². The number of likely N-dealkylation sites (N-methyl/N-ethyl adjacent to an activating group) is 1. The van der Waals surface area contributed by atoms with Crippen molar-refractivity contribution in [3.63, 3.8) is 0 Å². The van der Waals surface area contributed by atoms with Crippen molar-refractivity contribution in [3.8, 4) is 0 Å². The lowest BCUT2D eigenvalue weighted by Gasteiger charge is -2.33. The zero-order valence-electron chi connectivity index (χ0n) is 15.2. The molecule has 7 heteroatoms. The van der Waals surface area contributed by atoms with Gasteiger partial charge in [-0.2, -0.15) is 0 Å². The van der Waals surface area contributed by atoms with Crippen LogP contribution in [0, 0.1) is 5.92 Å². The second-order valence-corrected chi connectivity index (χ2v) is 5.98. The van der Waals surface area contributed by atoms with Crippen molar-refractivity contribution in [3.05, 3.63) is 0 Å². The Bertz CT molecular complexity index is 369. The number of halogens is 1. The molecule has 0 aromatic carbocycles. The molecule has 1 rings (SSSR count). The highest BCUT2D eigenvalue weighted by Gasteiger charge is 2.26. The molecule has 1 saturated heterocycles. The Labute approximate surface area is 158 Å². The van der Waals surface area contributed by atoms with Crippen LogP contribution < -0.4 is 5.32 Å². The number of nitrogens with one attached hydrogen (secondary N) is 1. The average molecular weight is 440 g/mol. The molecule has 0 aliphatic carbocycles. The monoisotopic (exact) mass is 440 g/mol. The van der Waals surface area contributed by atoms with Gasteiger partial charge in [-0.3, -0.25) is 14.7 Å². The van der Waals surface area contributed by atoms with Crippen LogP contribution in [-0.4, -0.2) is 74.7 Å². The maximum atomic E-state index is 11.6. The number of guanidine groups is 1. The Morgan fingerprint density at radius 3 is 2.43 bits per heavy atom. The summed E-state index contributed by atoms with van der Waals surface area (Å²) < 4.78 is 4.83. The second-order valence-electron chi connectivity index (χ2n) is 5.98. The third-order valence-corrected chi connectivity index (χ3v) is 4.36. The summed E-state index contributed by atoms with van der Waals surface area (Å²) in [5.74, 6) is 0.886. The van der Waals surface area contributed by atoms with E-state index in [0.717, 1.165) is 51.5 Å². The molecule has 136 valence electrons. The van der Waals surface area contributed by atoms with E-state index in [1.807, 2.05) is 7.05 Å². The molecule has 0 unspecified atom stereocenters. The SMILES string of the molecule is CCN(CCNC(=NC)N1CCC(C(=O)OC)CC1)C(C)C.I. The summed E-state index contributed by atoms with van der Waals surface area (Å²) in [7, 11) is 3.28. The van der Waals surface area contributed by atoms with Crippen molar-refractivity contribution < 1.29 is 9.53 Å². The topological polar surface area (TPSA) is 57.2 Å². The van der Waals surface area contributed by atoms with Gasteiger partial charge in [-0.05, 0) is 33.2 Å². The molecule has 1 heterocycles. The summed E-state index contributed by atoms with van der Waals surface area (Å²) in [6.45, 7) is 11.3. The summed E-state index contributed by atoms with van der Waals surface area (Å²) >= 11 is 0. The number of carbonyl (C=O) groups is 1. The van der Waals surface area contributed by atoms with Crippen LogP contribution >= 0.6 is 24.0 Å². The van der Waals surface area contributed by atoms with Crippen LogP contribution in [0.5, 0.6) is 0 Å². The summed E-state index contributed by atoms with van der Waals surface area (Å²) in [6, 6.07) is 0.560. The Balaban J connectivity index is 0.00000484. The standard InChI is InChI=1S/C16H32N4O2.HI/c1-6-19(13(2)3)12-9-18-16(17-4)20-10-7-14(8-11-20)15(21)22-5;/h13-14H,6-12H2,1-5H3,(H,17,18);1H. The smallest absolute Gasteiger partial charge is 0.308 e. The molecule has 1 fully saturated rings. The Hall–Kier alpha value is -0.570. The molecule has 1 N–H and O–H groups in total. The third-order valence-electron chi connectivity index (χ3n) is 4.36. The average Bonchev–Trinajstić information content (AvgIpc) is 2.54. The van der Waals surface area contributed by atoms with Gasteiger partial charge in [0.15, 0.2) is 5.96 Å². The molecule has 0 aromatic rings. The summed E-state index contributed by atoms with van der Waals surface area (Å²) in [5, 5.41) is 3.43. The van der Waals surface area contributed by atoms with E-state index < -0.39 is 0 Å². The van der Waals surface area contributed by atoms with Gasteiger partial charge in [0, 0.05) is 39.3 Å². The predicted octanol–water partition coefficient (Wildman–Crippen LogP) is 1.80. The fraction of sp³-hybridized carbons (Fsp3) is 0.875. The zero-order chi connectivity index (χ0) is 16.5. The van der Waals surface area contributed by atoms with Gasteiger partial charge in [-0.1, -0.05) is 6.92 Å². The molecule has 0 aromatic heterocycles. The molecule has 0 radical (unpaired) electrons. The number of ether oxygens (including phenoxy) is 1. The van der Waals surface area contributed by atoms with Crippen LogP contribution in [0.25, 0.3) is 0 Å². The van der Waals surface area contributed by atoms with E-state index in [1.54, 1.807) is 0 Å². The van der Waals surface area contributed by atoms with Crippen LogP contribution in [0.4, 0.5) is 0 Å². The zero-order valence-corrected chi connectivity index (χ0v) is 17.5. The maximum absolute atomic E-state index is 11.6. The van der Waals surface area contributed by atoms with E-state index >= 15 is 0 Å². The molecule has 1 aliphatic heterocycles. The van der Waals surface area contributed by atoms with E-state index in [2.05, 4.69) is 40.9 Å². The number of rotatable bonds is 6. The molecule has 0 spiro atoms. The number of methoxy groups -OCH3 is 1. The van der Waals surface area contributed by atoms with E-state index in [9.17, 15) is 4.79 Å². The molecule has 23 heavy (non-hydrogen) atoms.